The van der Waals surface area contributed by atoms with E-state index < -0.39 is 4.92 Å². The molecule has 1 saturated heterocycles. The van der Waals surface area contributed by atoms with Crippen molar-refractivity contribution >= 4 is 27.5 Å². The van der Waals surface area contributed by atoms with E-state index in [-0.39, 0.29) is 17.7 Å². The third kappa shape index (κ3) is 3.34. The number of nitrogens with zero attached hydrogens (tertiary/aromatic N) is 2. The van der Waals surface area contributed by atoms with Crippen molar-refractivity contribution in [3.63, 3.8) is 0 Å². The SMILES string of the molecule is CC1CN(C(=O)c2ccc(Br)c([N+](=O)[O-])c2)CCCO1. The molecular weight excluding hydrogens is 328 g/mol. The van der Waals surface area contributed by atoms with Crippen molar-refractivity contribution in [2.45, 2.75) is 19.4 Å². The number of rotatable bonds is 2. The predicted octanol–water partition coefficient (Wildman–Crippen LogP) is 2.61. The van der Waals surface area contributed by atoms with Crippen LogP contribution in [0.15, 0.2) is 22.7 Å². The summed E-state index contributed by atoms with van der Waals surface area (Å²) in [6.07, 6.45) is 0.751. The minimum Gasteiger partial charge on any atom is -0.377 e. The number of hydrogen-bond donors (Lipinski definition) is 0. The average Bonchev–Trinajstić information content (AvgIpc) is 2.63. The molecule has 0 aliphatic carbocycles. The lowest BCUT2D eigenvalue weighted by Gasteiger charge is -2.22. The number of halogens is 1. The zero-order chi connectivity index (χ0) is 14.7. The number of amides is 1. The average molecular weight is 343 g/mol. The highest BCUT2D eigenvalue weighted by atomic mass is 79.9. The van der Waals surface area contributed by atoms with Crippen LogP contribution in [0.4, 0.5) is 5.69 Å². The first-order valence-electron chi connectivity index (χ1n) is 6.34. The largest absolute Gasteiger partial charge is 0.377 e. The van der Waals surface area contributed by atoms with E-state index in [1.807, 2.05) is 6.92 Å². The molecule has 0 saturated carbocycles. The first-order valence-corrected chi connectivity index (χ1v) is 7.13. The van der Waals surface area contributed by atoms with Gasteiger partial charge in [0, 0.05) is 31.3 Å². The van der Waals surface area contributed by atoms with Gasteiger partial charge in [0.1, 0.15) is 0 Å². The first kappa shape index (κ1) is 14.9. The lowest BCUT2D eigenvalue weighted by atomic mass is 10.1. The van der Waals surface area contributed by atoms with E-state index in [1.165, 1.54) is 12.1 Å². The molecule has 0 bridgehead atoms. The summed E-state index contributed by atoms with van der Waals surface area (Å²) >= 11 is 3.11. The molecule has 1 heterocycles. The molecule has 6 nitrogen and oxygen atoms in total. The molecular formula is C13H15BrN2O4. The van der Waals surface area contributed by atoms with E-state index in [1.54, 1.807) is 11.0 Å². The van der Waals surface area contributed by atoms with Gasteiger partial charge in [0.05, 0.1) is 15.5 Å². The monoisotopic (exact) mass is 342 g/mol. The van der Waals surface area contributed by atoms with E-state index in [2.05, 4.69) is 15.9 Å². The highest BCUT2D eigenvalue weighted by Crippen LogP contribution is 2.26. The van der Waals surface area contributed by atoms with E-state index in [4.69, 9.17) is 4.74 Å². The van der Waals surface area contributed by atoms with Crippen LogP contribution in [0.1, 0.15) is 23.7 Å². The van der Waals surface area contributed by atoms with Gasteiger partial charge in [-0.3, -0.25) is 14.9 Å². The summed E-state index contributed by atoms with van der Waals surface area (Å²) in [5.41, 5.74) is 0.226. The lowest BCUT2D eigenvalue weighted by Crippen LogP contribution is -2.35. The third-order valence-electron chi connectivity index (χ3n) is 3.13. The Morgan fingerprint density at radius 2 is 2.30 bits per heavy atom. The van der Waals surface area contributed by atoms with E-state index in [9.17, 15) is 14.9 Å². The van der Waals surface area contributed by atoms with Crippen LogP contribution in [0.25, 0.3) is 0 Å². The summed E-state index contributed by atoms with van der Waals surface area (Å²) < 4.78 is 5.86. The van der Waals surface area contributed by atoms with Crippen molar-refractivity contribution in [3.05, 3.63) is 38.3 Å². The van der Waals surface area contributed by atoms with Crippen molar-refractivity contribution < 1.29 is 14.5 Å². The Kier molecular flexibility index (Phi) is 4.72. The second-order valence-corrected chi connectivity index (χ2v) is 5.56. The Hall–Kier alpha value is -1.47. The Morgan fingerprint density at radius 3 is 3.00 bits per heavy atom. The highest BCUT2D eigenvalue weighted by molar-refractivity contribution is 9.10. The molecule has 1 aromatic rings. The number of benzene rings is 1. The smallest absolute Gasteiger partial charge is 0.284 e. The van der Waals surface area contributed by atoms with Gasteiger partial charge < -0.3 is 9.64 Å². The van der Waals surface area contributed by atoms with Crippen LogP contribution < -0.4 is 0 Å². The van der Waals surface area contributed by atoms with E-state index in [0.29, 0.717) is 29.7 Å². The van der Waals surface area contributed by atoms with Gasteiger partial charge in [-0.15, -0.1) is 0 Å². The van der Waals surface area contributed by atoms with Gasteiger partial charge in [-0.25, -0.2) is 0 Å². The molecule has 0 spiro atoms. The Balaban J connectivity index is 2.24. The van der Waals surface area contributed by atoms with Crippen molar-refractivity contribution in [2.24, 2.45) is 0 Å². The maximum absolute atomic E-state index is 12.4. The summed E-state index contributed by atoms with van der Waals surface area (Å²) in [6, 6.07) is 4.43. The van der Waals surface area contributed by atoms with Gasteiger partial charge >= 0.3 is 0 Å². The number of carbonyl (C=O) groups is 1. The molecule has 1 aromatic carbocycles. The Bertz CT molecular complexity index is 535. The first-order chi connectivity index (χ1) is 9.49. The number of hydrogen-bond acceptors (Lipinski definition) is 4. The number of nitro groups is 1. The van der Waals surface area contributed by atoms with Crippen LogP contribution in [-0.4, -0.2) is 41.5 Å². The molecule has 1 atom stereocenters. The molecule has 7 heteroatoms. The van der Waals surface area contributed by atoms with Gasteiger partial charge in [0.2, 0.25) is 0 Å². The fourth-order valence-electron chi connectivity index (χ4n) is 2.15. The topological polar surface area (TPSA) is 72.7 Å². The quantitative estimate of drug-likeness (QED) is 0.611. The van der Waals surface area contributed by atoms with Crippen LogP contribution in [0.2, 0.25) is 0 Å². The maximum atomic E-state index is 12.4. The molecule has 0 aromatic heterocycles. The molecule has 1 aliphatic rings. The van der Waals surface area contributed by atoms with Crippen LogP contribution in [0.5, 0.6) is 0 Å². The summed E-state index contributed by atoms with van der Waals surface area (Å²) in [5.74, 6) is -0.196. The molecule has 1 aliphatic heterocycles. The van der Waals surface area contributed by atoms with Gasteiger partial charge in [0.15, 0.2) is 0 Å². The standard InChI is InChI=1S/C13H15BrN2O4/c1-9-8-15(5-2-6-20-9)13(17)10-3-4-11(14)12(7-10)16(18)19/h3-4,7,9H,2,5-6,8H2,1H3. The summed E-state index contributed by atoms with van der Waals surface area (Å²) in [4.78, 5) is 24.5. The summed E-state index contributed by atoms with van der Waals surface area (Å²) in [7, 11) is 0. The molecule has 20 heavy (non-hydrogen) atoms. The number of nitro benzene ring substituents is 1. The Labute approximate surface area is 125 Å². The van der Waals surface area contributed by atoms with Crippen molar-refractivity contribution in [3.8, 4) is 0 Å². The minimum atomic E-state index is -0.505. The fourth-order valence-corrected chi connectivity index (χ4v) is 2.54. The molecule has 0 radical (unpaired) electrons. The molecule has 108 valence electrons. The van der Waals surface area contributed by atoms with Crippen LogP contribution in [0, 0.1) is 10.1 Å². The van der Waals surface area contributed by atoms with Gasteiger partial charge in [-0.2, -0.15) is 0 Å². The third-order valence-corrected chi connectivity index (χ3v) is 3.80. The Morgan fingerprint density at radius 1 is 1.55 bits per heavy atom. The van der Waals surface area contributed by atoms with Crippen LogP contribution in [0.3, 0.4) is 0 Å². The molecule has 1 unspecified atom stereocenters. The fraction of sp³-hybridized carbons (Fsp3) is 0.462. The lowest BCUT2D eigenvalue weighted by molar-refractivity contribution is -0.385. The van der Waals surface area contributed by atoms with Gasteiger partial charge in [-0.05, 0) is 41.4 Å². The second-order valence-electron chi connectivity index (χ2n) is 4.71. The normalized spacial score (nSPS) is 19.5. The number of ether oxygens (including phenoxy) is 1. The molecule has 1 amide bonds. The summed E-state index contributed by atoms with van der Waals surface area (Å²) in [6.45, 7) is 3.65. The van der Waals surface area contributed by atoms with Crippen molar-refractivity contribution in [1.82, 2.24) is 4.90 Å². The van der Waals surface area contributed by atoms with E-state index >= 15 is 0 Å². The molecule has 2 rings (SSSR count). The molecule has 0 N–H and O–H groups in total. The summed E-state index contributed by atoms with van der Waals surface area (Å²) in [5, 5.41) is 10.9. The minimum absolute atomic E-state index is 0.0214. The highest BCUT2D eigenvalue weighted by Gasteiger charge is 2.23. The molecule has 1 fully saturated rings. The number of carbonyl (C=O) groups excluding carboxylic acids is 1. The zero-order valence-corrected chi connectivity index (χ0v) is 12.6. The van der Waals surface area contributed by atoms with Gasteiger partial charge in [0.25, 0.3) is 11.6 Å². The van der Waals surface area contributed by atoms with Gasteiger partial charge in [-0.1, -0.05) is 0 Å². The van der Waals surface area contributed by atoms with Crippen LogP contribution >= 0.6 is 15.9 Å². The van der Waals surface area contributed by atoms with Crippen molar-refractivity contribution in [2.75, 3.05) is 19.7 Å². The predicted molar refractivity (Wildman–Crippen MR) is 76.7 cm³/mol. The zero-order valence-electron chi connectivity index (χ0n) is 11.0. The van der Waals surface area contributed by atoms with Crippen LogP contribution in [-0.2, 0) is 4.74 Å². The maximum Gasteiger partial charge on any atom is 0.284 e. The second kappa shape index (κ2) is 6.32. The van der Waals surface area contributed by atoms with E-state index in [0.717, 1.165) is 6.42 Å². The van der Waals surface area contributed by atoms with Crippen molar-refractivity contribution in [1.29, 1.82) is 0 Å².